The molecule has 22 heavy (non-hydrogen) atoms. The monoisotopic (exact) mass is 337 g/mol. The summed E-state index contributed by atoms with van der Waals surface area (Å²) in [4.78, 5) is 10.8. The second kappa shape index (κ2) is 6.93. The standard InChI is InChI=1S/C14H16ClN5OS/c15-11-8-12(20-5-1-2-6-20)18-13(17-11)19-14(22)16-9-10-4-3-7-21-10/h3-4,7-8H,1-2,5-6,9H2,(H2,16,17,18,19,22). The smallest absolute Gasteiger partial charge is 0.232 e. The van der Waals surface area contributed by atoms with Gasteiger partial charge in [0, 0.05) is 19.2 Å². The van der Waals surface area contributed by atoms with Crippen molar-refractivity contribution >= 4 is 40.7 Å². The molecule has 8 heteroatoms. The van der Waals surface area contributed by atoms with Crippen molar-refractivity contribution in [2.24, 2.45) is 0 Å². The van der Waals surface area contributed by atoms with Crippen LogP contribution in [-0.2, 0) is 6.54 Å². The maximum Gasteiger partial charge on any atom is 0.232 e. The van der Waals surface area contributed by atoms with Gasteiger partial charge in [-0.05, 0) is 37.2 Å². The maximum absolute atomic E-state index is 6.07. The number of hydrogen-bond acceptors (Lipinski definition) is 5. The van der Waals surface area contributed by atoms with Crippen molar-refractivity contribution in [3.63, 3.8) is 0 Å². The fourth-order valence-electron chi connectivity index (χ4n) is 2.30. The van der Waals surface area contributed by atoms with Gasteiger partial charge in [-0.2, -0.15) is 4.98 Å². The lowest BCUT2D eigenvalue weighted by atomic mass is 10.4. The molecule has 1 aliphatic rings. The summed E-state index contributed by atoms with van der Waals surface area (Å²) in [6, 6.07) is 5.48. The fourth-order valence-corrected chi connectivity index (χ4v) is 2.64. The van der Waals surface area contributed by atoms with Crippen LogP contribution in [-0.4, -0.2) is 28.2 Å². The molecule has 0 aromatic carbocycles. The predicted octanol–water partition coefficient (Wildman–Crippen LogP) is 2.81. The third-order valence-electron chi connectivity index (χ3n) is 3.34. The van der Waals surface area contributed by atoms with Gasteiger partial charge in [0.05, 0.1) is 12.8 Å². The summed E-state index contributed by atoms with van der Waals surface area (Å²) in [5, 5.41) is 6.81. The van der Waals surface area contributed by atoms with Crippen LogP contribution in [0, 0.1) is 0 Å². The third-order valence-corrected chi connectivity index (χ3v) is 3.78. The van der Waals surface area contributed by atoms with E-state index in [0.717, 1.165) is 24.7 Å². The van der Waals surface area contributed by atoms with E-state index < -0.39 is 0 Å². The third kappa shape index (κ3) is 3.86. The molecule has 0 aliphatic carbocycles. The minimum Gasteiger partial charge on any atom is -0.467 e. The van der Waals surface area contributed by atoms with E-state index in [-0.39, 0.29) is 0 Å². The highest BCUT2D eigenvalue weighted by molar-refractivity contribution is 7.80. The zero-order valence-corrected chi connectivity index (χ0v) is 13.5. The molecular weight excluding hydrogens is 322 g/mol. The second-order valence-electron chi connectivity index (χ2n) is 4.95. The lowest BCUT2D eigenvalue weighted by Gasteiger charge is -2.17. The number of aromatic nitrogens is 2. The van der Waals surface area contributed by atoms with Crippen LogP contribution in [0.1, 0.15) is 18.6 Å². The Balaban J connectivity index is 1.62. The maximum atomic E-state index is 6.07. The summed E-state index contributed by atoms with van der Waals surface area (Å²) in [5.41, 5.74) is 0. The van der Waals surface area contributed by atoms with Gasteiger partial charge >= 0.3 is 0 Å². The van der Waals surface area contributed by atoms with Crippen LogP contribution in [0.25, 0.3) is 0 Å². The van der Waals surface area contributed by atoms with E-state index >= 15 is 0 Å². The summed E-state index contributed by atoms with van der Waals surface area (Å²) in [6.45, 7) is 2.49. The number of nitrogens with one attached hydrogen (secondary N) is 2. The number of rotatable bonds is 4. The van der Waals surface area contributed by atoms with E-state index in [9.17, 15) is 0 Å². The Hall–Kier alpha value is -1.86. The van der Waals surface area contributed by atoms with Crippen molar-refractivity contribution in [1.29, 1.82) is 0 Å². The van der Waals surface area contributed by atoms with Crippen molar-refractivity contribution in [3.05, 3.63) is 35.4 Å². The first kappa shape index (κ1) is 15.1. The molecule has 1 saturated heterocycles. The Morgan fingerprint density at radius 2 is 2.18 bits per heavy atom. The molecule has 3 heterocycles. The first-order valence-electron chi connectivity index (χ1n) is 7.07. The Morgan fingerprint density at radius 1 is 1.36 bits per heavy atom. The van der Waals surface area contributed by atoms with Gasteiger partial charge in [0.2, 0.25) is 5.95 Å². The number of halogens is 1. The molecule has 3 rings (SSSR count). The molecule has 0 amide bonds. The molecule has 1 aliphatic heterocycles. The molecule has 2 N–H and O–H groups in total. The van der Waals surface area contributed by atoms with Gasteiger partial charge in [0.25, 0.3) is 0 Å². The van der Waals surface area contributed by atoms with Crippen LogP contribution in [0.15, 0.2) is 28.9 Å². The van der Waals surface area contributed by atoms with Crippen molar-refractivity contribution in [2.75, 3.05) is 23.3 Å². The molecule has 1 fully saturated rings. The SMILES string of the molecule is S=C(NCc1ccco1)Nc1nc(Cl)cc(N2CCCC2)n1. The van der Waals surface area contributed by atoms with Crippen molar-refractivity contribution in [2.45, 2.75) is 19.4 Å². The van der Waals surface area contributed by atoms with Gasteiger partial charge in [-0.25, -0.2) is 4.98 Å². The van der Waals surface area contributed by atoms with Gasteiger partial charge in [0.1, 0.15) is 16.7 Å². The Morgan fingerprint density at radius 3 is 2.91 bits per heavy atom. The summed E-state index contributed by atoms with van der Waals surface area (Å²) < 4.78 is 5.23. The summed E-state index contributed by atoms with van der Waals surface area (Å²) >= 11 is 11.3. The van der Waals surface area contributed by atoms with Crippen molar-refractivity contribution in [1.82, 2.24) is 15.3 Å². The van der Waals surface area contributed by atoms with Crippen LogP contribution < -0.4 is 15.5 Å². The molecule has 0 spiro atoms. The van der Waals surface area contributed by atoms with Crippen LogP contribution in [0.4, 0.5) is 11.8 Å². The zero-order chi connectivity index (χ0) is 15.4. The molecule has 2 aromatic rings. The number of hydrogen-bond donors (Lipinski definition) is 2. The summed E-state index contributed by atoms with van der Waals surface area (Å²) in [6.07, 6.45) is 3.97. The highest BCUT2D eigenvalue weighted by atomic mass is 35.5. The first-order chi connectivity index (χ1) is 10.7. The minimum atomic E-state index is 0.395. The Bertz CT molecular complexity index is 643. The molecule has 6 nitrogen and oxygen atoms in total. The second-order valence-corrected chi connectivity index (χ2v) is 5.75. The fraction of sp³-hybridized carbons (Fsp3) is 0.357. The average Bonchev–Trinajstić information content (AvgIpc) is 3.18. The molecule has 0 unspecified atom stereocenters. The largest absolute Gasteiger partial charge is 0.467 e. The van der Waals surface area contributed by atoms with E-state index in [1.165, 1.54) is 12.8 Å². The van der Waals surface area contributed by atoms with Gasteiger partial charge in [-0.3, -0.25) is 0 Å². The molecule has 0 bridgehead atoms. The molecule has 116 valence electrons. The van der Waals surface area contributed by atoms with Crippen molar-refractivity contribution in [3.8, 4) is 0 Å². The normalized spacial score (nSPS) is 14.1. The number of nitrogens with zero attached hydrogens (tertiary/aromatic N) is 3. The number of thiocarbonyl (C=S) groups is 1. The lowest BCUT2D eigenvalue weighted by Crippen LogP contribution is -2.29. The topological polar surface area (TPSA) is 66.2 Å². The predicted molar refractivity (Wildman–Crippen MR) is 90.3 cm³/mol. The van der Waals surface area contributed by atoms with Crippen LogP contribution in [0.3, 0.4) is 0 Å². The van der Waals surface area contributed by atoms with E-state index in [1.807, 2.05) is 12.1 Å². The molecule has 0 saturated carbocycles. The van der Waals surface area contributed by atoms with Crippen LogP contribution in [0.2, 0.25) is 5.15 Å². The van der Waals surface area contributed by atoms with Crippen molar-refractivity contribution < 1.29 is 4.42 Å². The zero-order valence-electron chi connectivity index (χ0n) is 11.9. The van der Waals surface area contributed by atoms with E-state index in [4.69, 9.17) is 28.2 Å². The Labute approximate surface area is 138 Å². The Kier molecular flexibility index (Phi) is 4.74. The molecule has 0 radical (unpaired) electrons. The molecular formula is C14H16ClN5OS. The average molecular weight is 338 g/mol. The van der Waals surface area contributed by atoms with Gasteiger partial charge in [0.15, 0.2) is 5.11 Å². The molecule has 2 aromatic heterocycles. The number of furan rings is 1. The minimum absolute atomic E-state index is 0.395. The summed E-state index contributed by atoms with van der Waals surface area (Å²) in [5.74, 6) is 2.02. The lowest BCUT2D eigenvalue weighted by molar-refractivity contribution is 0.503. The highest BCUT2D eigenvalue weighted by Gasteiger charge is 2.15. The molecule has 0 atom stereocenters. The summed E-state index contributed by atoms with van der Waals surface area (Å²) in [7, 11) is 0. The van der Waals surface area contributed by atoms with Gasteiger partial charge in [-0.15, -0.1) is 0 Å². The quantitative estimate of drug-likeness (QED) is 0.657. The van der Waals surface area contributed by atoms with E-state index in [1.54, 1.807) is 12.3 Å². The van der Waals surface area contributed by atoms with Gasteiger partial charge < -0.3 is 20.0 Å². The van der Waals surface area contributed by atoms with E-state index in [0.29, 0.717) is 22.8 Å². The van der Waals surface area contributed by atoms with Crippen LogP contribution >= 0.6 is 23.8 Å². The first-order valence-corrected chi connectivity index (χ1v) is 7.86. The number of anilines is 2. The highest BCUT2D eigenvalue weighted by Crippen LogP contribution is 2.22. The van der Waals surface area contributed by atoms with Gasteiger partial charge in [-0.1, -0.05) is 11.6 Å². The van der Waals surface area contributed by atoms with E-state index in [2.05, 4.69) is 25.5 Å². The van der Waals surface area contributed by atoms with Crippen LogP contribution in [0.5, 0.6) is 0 Å².